The highest BCUT2D eigenvalue weighted by atomic mass is 79.9. The average molecular weight is 291 g/mol. The zero-order valence-corrected chi connectivity index (χ0v) is 11.0. The lowest BCUT2D eigenvalue weighted by molar-refractivity contribution is 0.0828. The zero-order valence-electron chi connectivity index (χ0n) is 9.40. The van der Waals surface area contributed by atoms with Crippen LogP contribution in [0, 0.1) is 17.0 Å². The van der Waals surface area contributed by atoms with Gasteiger partial charge in [0.15, 0.2) is 5.78 Å². The van der Waals surface area contributed by atoms with Crippen LogP contribution in [0.5, 0.6) is 0 Å². The maximum Gasteiger partial charge on any atom is 0.171 e. The number of hydrogen-bond donors (Lipinski definition) is 0. The molecule has 0 heterocycles. The summed E-state index contributed by atoms with van der Waals surface area (Å²) in [6, 6.07) is 1.92. The lowest BCUT2D eigenvalue weighted by Crippen LogP contribution is -2.24. The molecule has 16 heavy (non-hydrogen) atoms. The summed E-state index contributed by atoms with van der Waals surface area (Å²) in [5.41, 5.74) is -0.867. The second-order valence-corrected chi connectivity index (χ2v) is 5.17. The van der Waals surface area contributed by atoms with E-state index in [0.29, 0.717) is 6.42 Å². The highest BCUT2D eigenvalue weighted by Crippen LogP contribution is 2.29. The molecule has 0 unspecified atom stereocenters. The summed E-state index contributed by atoms with van der Waals surface area (Å²) < 4.78 is 26.8. The third-order valence-corrected chi connectivity index (χ3v) is 3.36. The molecule has 0 amide bonds. The van der Waals surface area contributed by atoms with Crippen molar-refractivity contribution in [3.8, 4) is 0 Å². The molecule has 0 aliphatic carbocycles. The number of rotatable bonds is 3. The largest absolute Gasteiger partial charge is 0.293 e. The maximum atomic E-state index is 13.5. The Balaban J connectivity index is 3.25. The van der Waals surface area contributed by atoms with Crippen LogP contribution in [-0.2, 0) is 0 Å². The molecule has 0 fully saturated rings. The molecule has 0 N–H and O–H groups in total. The lowest BCUT2D eigenvalue weighted by Gasteiger charge is -2.21. The first-order valence-electron chi connectivity index (χ1n) is 4.99. The van der Waals surface area contributed by atoms with Crippen LogP contribution in [0.4, 0.5) is 8.78 Å². The molecule has 1 rings (SSSR count). The molecule has 0 spiro atoms. The van der Waals surface area contributed by atoms with Crippen LogP contribution in [-0.4, -0.2) is 5.78 Å². The SMILES string of the molecule is CCC(C)(C)C(=O)c1cc(F)c(Br)cc1F. The Bertz CT molecular complexity index is 427. The number of ketones is 1. The van der Waals surface area contributed by atoms with Crippen LogP contribution in [0.1, 0.15) is 37.6 Å². The number of carbonyl (C=O) groups is 1. The fourth-order valence-electron chi connectivity index (χ4n) is 1.22. The number of Topliss-reactive ketones (excluding diaryl/α,β-unsaturated/α-hetero) is 1. The second-order valence-electron chi connectivity index (χ2n) is 4.31. The molecule has 0 aliphatic rings. The van der Waals surface area contributed by atoms with Crippen LogP contribution in [0.3, 0.4) is 0 Å². The standard InChI is InChI=1S/C12H13BrF2O/c1-4-12(2,3)11(16)7-5-10(15)8(13)6-9(7)14/h5-6H,4H2,1-3H3. The van der Waals surface area contributed by atoms with Gasteiger partial charge in [0.05, 0.1) is 10.0 Å². The molecule has 0 radical (unpaired) electrons. The third kappa shape index (κ3) is 2.48. The van der Waals surface area contributed by atoms with Crippen LogP contribution in [0.25, 0.3) is 0 Å². The highest BCUT2D eigenvalue weighted by molar-refractivity contribution is 9.10. The number of hydrogen-bond acceptors (Lipinski definition) is 1. The fraction of sp³-hybridized carbons (Fsp3) is 0.417. The van der Waals surface area contributed by atoms with E-state index in [0.717, 1.165) is 12.1 Å². The minimum atomic E-state index is -0.695. The van der Waals surface area contributed by atoms with E-state index in [1.165, 1.54) is 0 Å². The maximum absolute atomic E-state index is 13.5. The first-order chi connectivity index (χ1) is 7.29. The average Bonchev–Trinajstić information content (AvgIpc) is 2.22. The van der Waals surface area contributed by atoms with Gasteiger partial charge in [-0.05, 0) is 34.5 Å². The van der Waals surface area contributed by atoms with Gasteiger partial charge in [0.1, 0.15) is 11.6 Å². The zero-order chi connectivity index (χ0) is 12.5. The molecule has 1 nitrogen and oxygen atoms in total. The van der Waals surface area contributed by atoms with Crippen molar-refractivity contribution in [3.63, 3.8) is 0 Å². The van der Waals surface area contributed by atoms with Gasteiger partial charge in [-0.1, -0.05) is 20.8 Å². The molecule has 0 saturated carbocycles. The van der Waals surface area contributed by atoms with Crippen LogP contribution in [0.2, 0.25) is 0 Å². The van der Waals surface area contributed by atoms with Gasteiger partial charge in [-0.2, -0.15) is 0 Å². The Morgan fingerprint density at radius 2 is 1.88 bits per heavy atom. The predicted molar refractivity (Wildman–Crippen MR) is 62.5 cm³/mol. The quantitative estimate of drug-likeness (QED) is 0.598. The second kappa shape index (κ2) is 4.62. The summed E-state index contributed by atoms with van der Waals surface area (Å²) in [5.74, 6) is -1.70. The van der Waals surface area contributed by atoms with Crippen molar-refractivity contribution in [2.24, 2.45) is 5.41 Å². The van der Waals surface area contributed by atoms with Crippen molar-refractivity contribution in [1.82, 2.24) is 0 Å². The van der Waals surface area contributed by atoms with Gasteiger partial charge in [-0.25, -0.2) is 8.78 Å². The van der Waals surface area contributed by atoms with E-state index >= 15 is 0 Å². The molecule has 4 heteroatoms. The summed E-state index contributed by atoms with van der Waals surface area (Å²) >= 11 is 2.87. The molecule has 0 bridgehead atoms. The molecule has 1 aromatic rings. The van der Waals surface area contributed by atoms with Crippen LogP contribution >= 0.6 is 15.9 Å². The summed E-state index contributed by atoms with van der Waals surface area (Å²) in [5, 5.41) is 0. The van der Waals surface area contributed by atoms with Gasteiger partial charge in [-0.3, -0.25) is 4.79 Å². The van der Waals surface area contributed by atoms with Crippen LogP contribution in [0.15, 0.2) is 16.6 Å². The predicted octanol–water partition coefficient (Wildman–Crippen LogP) is 4.35. The minimum Gasteiger partial charge on any atom is -0.293 e. The van der Waals surface area contributed by atoms with Crippen molar-refractivity contribution in [2.45, 2.75) is 27.2 Å². The minimum absolute atomic E-state index is 0.0239. The number of benzene rings is 1. The summed E-state index contributed by atoms with van der Waals surface area (Å²) in [6.07, 6.45) is 0.572. The molecule has 0 saturated heterocycles. The molecular weight excluding hydrogens is 278 g/mol. The number of carbonyl (C=O) groups excluding carboxylic acids is 1. The van der Waals surface area contributed by atoms with E-state index in [1.807, 2.05) is 6.92 Å². The summed E-state index contributed by atoms with van der Waals surface area (Å²) in [6.45, 7) is 5.27. The summed E-state index contributed by atoms with van der Waals surface area (Å²) in [4.78, 5) is 12.0. The Morgan fingerprint density at radius 1 is 1.31 bits per heavy atom. The molecular formula is C12H13BrF2O. The van der Waals surface area contributed by atoms with E-state index in [4.69, 9.17) is 0 Å². The highest BCUT2D eigenvalue weighted by Gasteiger charge is 2.29. The first kappa shape index (κ1) is 13.3. The topological polar surface area (TPSA) is 17.1 Å². The Hall–Kier alpha value is -0.770. The first-order valence-corrected chi connectivity index (χ1v) is 5.78. The van der Waals surface area contributed by atoms with Gasteiger partial charge < -0.3 is 0 Å². The van der Waals surface area contributed by atoms with Crippen molar-refractivity contribution >= 4 is 21.7 Å². The van der Waals surface area contributed by atoms with Crippen molar-refractivity contribution in [3.05, 3.63) is 33.8 Å². The van der Waals surface area contributed by atoms with Gasteiger partial charge >= 0.3 is 0 Å². The van der Waals surface area contributed by atoms with E-state index in [1.54, 1.807) is 13.8 Å². The van der Waals surface area contributed by atoms with E-state index in [2.05, 4.69) is 15.9 Å². The molecule has 0 atom stereocenters. The van der Waals surface area contributed by atoms with Gasteiger partial charge in [0.2, 0.25) is 0 Å². The van der Waals surface area contributed by atoms with E-state index in [9.17, 15) is 13.6 Å². The smallest absolute Gasteiger partial charge is 0.171 e. The lowest BCUT2D eigenvalue weighted by atomic mass is 9.82. The molecule has 1 aromatic carbocycles. The monoisotopic (exact) mass is 290 g/mol. The molecule has 0 aliphatic heterocycles. The molecule has 0 aromatic heterocycles. The van der Waals surface area contributed by atoms with E-state index < -0.39 is 17.0 Å². The number of halogens is 3. The normalized spacial score (nSPS) is 11.6. The molecule has 88 valence electrons. The van der Waals surface area contributed by atoms with Gasteiger partial charge in [-0.15, -0.1) is 0 Å². The van der Waals surface area contributed by atoms with Gasteiger partial charge in [0.25, 0.3) is 0 Å². The fourth-order valence-corrected chi connectivity index (χ4v) is 1.54. The van der Waals surface area contributed by atoms with Crippen LogP contribution < -0.4 is 0 Å². The van der Waals surface area contributed by atoms with E-state index in [-0.39, 0.29) is 15.8 Å². The Kier molecular flexibility index (Phi) is 3.84. The van der Waals surface area contributed by atoms with Crippen molar-refractivity contribution in [1.29, 1.82) is 0 Å². The van der Waals surface area contributed by atoms with Gasteiger partial charge in [0, 0.05) is 5.41 Å². The Morgan fingerprint density at radius 3 is 2.38 bits per heavy atom. The third-order valence-electron chi connectivity index (χ3n) is 2.75. The summed E-state index contributed by atoms with van der Waals surface area (Å²) in [7, 11) is 0. The van der Waals surface area contributed by atoms with Crippen molar-refractivity contribution in [2.75, 3.05) is 0 Å². The van der Waals surface area contributed by atoms with Crippen molar-refractivity contribution < 1.29 is 13.6 Å². The Labute approximate surface area is 102 Å².